The zero-order chi connectivity index (χ0) is 8.53. The predicted molar refractivity (Wildman–Crippen MR) is 53.2 cm³/mol. The molecule has 0 heterocycles. The molecule has 0 saturated carbocycles. The molecule has 0 radical (unpaired) electrons. The van der Waals surface area contributed by atoms with Gasteiger partial charge in [0.05, 0.1) is 0 Å². The monoisotopic (exact) mass is 180 g/mol. The maximum absolute atomic E-state index is 2.39. The van der Waals surface area contributed by atoms with Crippen molar-refractivity contribution < 1.29 is 0 Å². The van der Waals surface area contributed by atoms with Gasteiger partial charge in [0.1, 0.15) is 0 Å². The second-order valence-electron chi connectivity index (χ2n) is 3.95. The van der Waals surface area contributed by atoms with Crippen LogP contribution in [0.3, 0.4) is 0 Å². The number of hydrogen-bond acceptors (Lipinski definition) is 0. The molecule has 0 spiro atoms. The molecule has 0 aromatic carbocycles. The Morgan fingerprint density at radius 2 is 1.55 bits per heavy atom. The van der Waals surface area contributed by atoms with Gasteiger partial charge in [-0.25, -0.2) is 0 Å². The van der Waals surface area contributed by atoms with E-state index >= 15 is 0 Å². The van der Waals surface area contributed by atoms with Crippen molar-refractivity contribution in [1.29, 1.82) is 0 Å². The Morgan fingerprint density at radius 3 is 2.09 bits per heavy atom. The molecule has 0 aromatic rings. The molecule has 0 aliphatic carbocycles. The van der Waals surface area contributed by atoms with Crippen molar-refractivity contribution in [3.63, 3.8) is 0 Å². The van der Waals surface area contributed by atoms with Crippen LogP contribution in [0.1, 0.15) is 58.8 Å². The standard InChI is InChI=1S/C10H21.K/c1-3-5-7-9-10-8-6-4-2;/h3H,4-10H2,1-2H3;. The third-order valence-corrected chi connectivity index (χ3v) is 3.04. The molecular formula is C10H21K. The molecule has 0 aliphatic heterocycles. The van der Waals surface area contributed by atoms with Gasteiger partial charge in [0, 0.05) is 0 Å². The minimum atomic E-state index is 1.07. The van der Waals surface area contributed by atoms with Crippen LogP contribution in [-0.2, 0) is 0 Å². The molecule has 0 N–H and O–H groups in total. The van der Waals surface area contributed by atoms with Crippen molar-refractivity contribution in [2.24, 2.45) is 0 Å². The summed E-state index contributed by atoms with van der Waals surface area (Å²) in [6.07, 6.45) is 10.3. The summed E-state index contributed by atoms with van der Waals surface area (Å²) in [5, 5.41) is 0. The molecule has 1 heteroatoms. The second-order valence-corrected chi connectivity index (χ2v) is 7.03. The summed E-state index contributed by atoms with van der Waals surface area (Å²) in [4.78, 5) is 0. The van der Waals surface area contributed by atoms with Crippen LogP contribution < -0.4 is 0 Å². The van der Waals surface area contributed by atoms with Crippen LogP contribution in [0.5, 0.6) is 0 Å². The molecule has 0 nitrogen and oxygen atoms in total. The van der Waals surface area contributed by atoms with Crippen molar-refractivity contribution in [2.75, 3.05) is 0 Å². The van der Waals surface area contributed by atoms with E-state index in [9.17, 15) is 0 Å². The van der Waals surface area contributed by atoms with Crippen molar-refractivity contribution in [2.45, 2.75) is 58.8 Å². The van der Waals surface area contributed by atoms with Crippen LogP contribution in [-0.4, -0.2) is 49.0 Å². The molecule has 1 atom stereocenters. The fraction of sp³-hybridized carbons (Fsp3) is 1.00. The third-order valence-electron chi connectivity index (χ3n) is 2.14. The maximum atomic E-state index is 2.39. The predicted octanol–water partition coefficient (Wildman–Crippen LogP) is 3.71. The third kappa shape index (κ3) is 11.6. The van der Waals surface area contributed by atoms with Crippen molar-refractivity contribution in [3.8, 4) is 0 Å². The average Bonchev–Trinajstić information content (AvgIpc) is 1.96. The van der Waals surface area contributed by atoms with Gasteiger partial charge < -0.3 is 0 Å². The first kappa shape index (κ1) is 12.6. The Bertz CT molecular complexity index is 69.3. The molecule has 0 rings (SSSR count). The van der Waals surface area contributed by atoms with Gasteiger partial charge in [-0.15, -0.1) is 0 Å². The van der Waals surface area contributed by atoms with Crippen molar-refractivity contribution in [3.05, 3.63) is 0 Å². The Kier molecular flexibility index (Phi) is 11.2. The zero-order valence-corrected chi connectivity index (χ0v) is 11.7. The van der Waals surface area contributed by atoms with Crippen LogP contribution in [0.15, 0.2) is 0 Å². The molecule has 0 saturated heterocycles. The van der Waals surface area contributed by atoms with Gasteiger partial charge in [-0.05, 0) is 0 Å². The molecule has 0 aliphatic rings. The van der Waals surface area contributed by atoms with Gasteiger partial charge in [-0.2, -0.15) is 0 Å². The average molecular weight is 180 g/mol. The van der Waals surface area contributed by atoms with E-state index < -0.39 is 0 Å². The summed E-state index contributed by atoms with van der Waals surface area (Å²) in [5.74, 6) is 0. The van der Waals surface area contributed by atoms with Crippen LogP contribution >= 0.6 is 0 Å². The minimum absolute atomic E-state index is 1.07. The fourth-order valence-corrected chi connectivity index (χ4v) is 1.97. The summed E-state index contributed by atoms with van der Waals surface area (Å²) in [6.45, 7) is 4.67. The molecule has 0 fully saturated rings. The van der Waals surface area contributed by atoms with E-state index in [0.717, 1.165) is 49.0 Å². The summed E-state index contributed by atoms with van der Waals surface area (Å²) >= 11 is 1.07. The Balaban J connectivity index is 2.80. The number of rotatable bonds is 7. The van der Waals surface area contributed by atoms with Gasteiger partial charge >= 0.3 is 108 Å². The van der Waals surface area contributed by atoms with E-state index in [-0.39, 0.29) is 0 Å². The zero-order valence-electron chi connectivity index (χ0n) is 8.53. The van der Waals surface area contributed by atoms with E-state index in [1.807, 2.05) is 0 Å². The summed E-state index contributed by atoms with van der Waals surface area (Å²) in [5.41, 5.74) is 0. The van der Waals surface area contributed by atoms with E-state index in [1.54, 1.807) is 0 Å². The van der Waals surface area contributed by atoms with E-state index in [1.165, 1.54) is 44.9 Å². The quantitative estimate of drug-likeness (QED) is 0.414. The first-order chi connectivity index (χ1) is 5.27. The van der Waals surface area contributed by atoms with Gasteiger partial charge in [0.2, 0.25) is 0 Å². The molecule has 62 valence electrons. The Labute approximate surface area is 106 Å². The van der Waals surface area contributed by atoms with Gasteiger partial charge in [-0.1, -0.05) is 0 Å². The van der Waals surface area contributed by atoms with Gasteiger partial charge in [0.25, 0.3) is 0 Å². The fourth-order valence-electron chi connectivity index (χ4n) is 1.33. The van der Waals surface area contributed by atoms with E-state index in [2.05, 4.69) is 13.8 Å². The topological polar surface area (TPSA) is 0 Å². The molecule has 11 heavy (non-hydrogen) atoms. The number of unbranched alkanes of at least 4 members (excludes halogenated alkanes) is 5. The van der Waals surface area contributed by atoms with E-state index in [4.69, 9.17) is 0 Å². The Hall–Kier alpha value is 1.64. The van der Waals surface area contributed by atoms with Gasteiger partial charge in [0.15, 0.2) is 0 Å². The van der Waals surface area contributed by atoms with Gasteiger partial charge in [-0.3, -0.25) is 0 Å². The summed E-state index contributed by atoms with van der Waals surface area (Å²) in [7, 11) is 0. The normalized spacial score (nSPS) is 13.5. The molecule has 0 aromatic heterocycles. The molecule has 1 unspecified atom stereocenters. The Morgan fingerprint density at radius 1 is 1.00 bits per heavy atom. The SMILES string of the molecule is CCCCCCCC[CH](C)[K]. The first-order valence-electron chi connectivity index (χ1n) is 5.27. The van der Waals surface area contributed by atoms with Crippen LogP contribution in [0, 0.1) is 0 Å². The van der Waals surface area contributed by atoms with Crippen molar-refractivity contribution in [1.82, 2.24) is 0 Å². The molecular weight excluding hydrogens is 159 g/mol. The second kappa shape index (κ2) is 9.72. The molecule has 0 bridgehead atoms. The number of hydrogen-bond donors (Lipinski definition) is 0. The first-order valence-corrected chi connectivity index (χ1v) is 7.07. The van der Waals surface area contributed by atoms with Crippen molar-refractivity contribution >= 4 is 49.0 Å². The van der Waals surface area contributed by atoms with Crippen LogP contribution in [0.2, 0.25) is 0.0125 Å². The molecule has 0 amide bonds. The van der Waals surface area contributed by atoms with Crippen LogP contribution in [0.25, 0.3) is 0 Å². The van der Waals surface area contributed by atoms with E-state index in [0.29, 0.717) is 0 Å². The summed E-state index contributed by atoms with van der Waals surface area (Å²) < 4.78 is 1.09. The summed E-state index contributed by atoms with van der Waals surface area (Å²) in [6, 6.07) is 0. The van der Waals surface area contributed by atoms with Crippen LogP contribution in [0.4, 0.5) is 0 Å².